The molecule has 0 spiro atoms. The van der Waals surface area contributed by atoms with Gasteiger partial charge < -0.3 is 60.2 Å². The Bertz CT molecular complexity index is 1790. The van der Waals surface area contributed by atoms with Crippen molar-refractivity contribution >= 4 is 0 Å². The topological polar surface area (TPSA) is 210 Å². The van der Waals surface area contributed by atoms with E-state index in [9.17, 15) is 46.0 Å². The van der Waals surface area contributed by atoms with Gasteiger partial charge in [-0.1, -0.05) is 6.07 Å². The molecule has 7 rings (SSSR count). The average molecular weight is 577 g/mol. The zero-order chi connectivity index (χ0) is 29.7. The molecule has 216 valence electrons. The molecule has 9 N–H and O–H groups in total. The van der Waals surface area contributed by atoms with Gasteiger partial charge in [-0.05, 0) is 35.9 Å². The molecule has 0 aliphatic carbocycles. The lowest BCUT2D eigenvalue weighted by Gasteiger charge is -2.50. The number of aromatic hydroxyl groups is 7. The van der Waals surface area contributed by atoms with Gasteiger partial charge in [0, 0.05) is 46.9 Å². The van der Waals surface area contributed by atoms with Crippen LogP contribution in [0.1, 0.15) is 39.8 Å². The molecule has 0 amide bonds. The monoisotopic (exact) mass is 576 g/mol. The second-order valence-electron chi connectivity index (χ2n) is 10.5. The van der Waals surface area contributed by atoms with Crippen LogP contribution in [0.5, 0.6) is 57.5 Å². The SMILES string of the molecule is Oc1cc(O)c2c(c1)O[C@]1(c3ccc(O)c(O)c3)Oc3cc(O)c4c(c3[C@H]2[C@H]1O)O[C@@H](c1ccc(O)c(O)c1)[C@H](O)C4. The summed E-state index contributed by atoms with van der Waals surface area (Å²) in [5.74, 6) is -6.11. The maximum Gasteiger partial charge on any atom is 0.305 e. The fourth-order valence-electron chi connectivity index (χ4n) is 6.09. The number of aliphatic hydroxyl groups excluding tert-OH is 2. The van der Waals surface area contributed by atoms with Crippen LogP contribution >= 0.6 is 0 Å². The van der Waals surface area contributed by atoms with Crippen LogP contribution in [0.3, 0.4) is 0 Å². The van der Waals surface area contributed by atoms with Crippen molar-refractivity contribution in [3.63, 3.8) is 0 Å². The lowest BCUT2D eigenvalue weighted by molar-refractivity contribution is -0.219. The van der Waals surface area contributed by atoms with Gasteiger partial charge in [0.25, 0.3) is 0 Å². The highest BCUT2D eigenvalue weighted by atomic mass is 16.7. The molecule has 0 unspecified atom stereocenters. The number of hydrogen-bond acceptors (Lipinski definition) is 12. The maximum atomic E-state index is 11.9. The summed E-state index contributed by atoms with van der Waals surface area (Å²) in [6.45, 7) is 0. The number of rotatable bonds is 2. The number of phenols is 7. The van der Waals surface area contributed by atoms with Gasteiger partial charge in [-0.15, -0.1) is 0 Å². The van der Waals surface area contributed by atoms with Crippen LogP contribution in [0, 0.1) is 0 Å². The Labute approximate surface area is 236 Å². The summed E-state index contributed by atoms with van der Waals surface area (Å²) >= 11 is 0. The fourth-order valence-corrected chi connectivity index (χ4v) is 6.09. The number of aliphatic hydroxyl groups is 2. The molecule has 0 saturated carbocycles. The summed E-state index contributed by atoms with van der Waals surface area (Å²) in [7, 11) is 0. The summed E-state index contributed by atoms with van der Waals surface area (Å²) in [5.41, 5.74) is 0.842. The van der Waals surface area contributed by atoms with Gasteiger partial charge in [-0.2, -0.15) is 0 Å². The first-order valence-electron chi connectivity index (χ1n) is 12.9. The first-order valence-corrected chi connectivity index (χ1v) is 12.9. The average Bonchev–Trinajstić information content (AvgIpc) is 2.92. The summed E-state index contributed by atoms with van der Waals surface area (Å²) in [5, 5.41) is 95.1. The third kappa shape index (κ3) is 3.49. The largest absolute Gasteiger partial charge is 0.508 e. The van der Waals surface area contributed by atoms with Gasteiger partial charge in [-0.25, -0.2) is 0 Å². The summed E-state index contributed by atoms with van der Waals surface area (Å²) in [6.07, 6.45) is -4.00. The van der Waals surface area contributed by atoms with E-state index in [1.165, 1.54) is 42.5 Å². The molecule has 3 aliphatic heterocycles. The van der Waals surface area contributed by atoms with Crippen molar-refractivity contribution in [3.05, 3.63) is 82.4 Å². The summed E-state index contributed by atoms with van der Waals surface area (Å²) < 4.78 is 18.6. The Hall–Kier alpha value is -5.20. The second-order valence-corrected chi connectivity index (χ2v) is 10.5. The molecule has 0 aromatic heterocycles. The molecule has 3 aliphatic rings. The van der Waals surface area contributed by atoms with Crippen LogP contribution in [-0.2, 0) is 12.2 Å². The molecule has 0 fully saturated rings. The van der Waals surface area contributed by atoms with Crippen LogP contribution in [0.2, 0.25) is 0 Å². The van der Waals surface area contributed by atoms with Gasteiger partial charge in [0.15, 0.2) is 23.0 Å². The van der Waals surface area contributed by atoms with Crippen LogP contribution in [-0.4, -0.2) is 58.2 Å². The molecule has 0 radical (unpaired) electrons. The van der Waals surface area contributed by atoms with E-state index in [4.69, 9.17) is 14.2 Å². The molecule has 5 atom stereocenters. The molecule has 3 heterocycles. The van der Waals surface area contributed by atoms with E-state index in [1.807, 2.05) is 0 Å². The van der Waals surface area contributed by atoms with Crippen molar-refractivity contribution in [2.45, 2.75) is 36.4 Å². The number of ether oxygens (including phenoxy) is 3. The predicted molar refractivity (Wildman–Crippen MR) is 141 cm³/mol. The molecular weight excluding hydrogens is 552 g/mol. The molecule has 0 saturated heterocycles. The number of benzene rings is 4. The van der Waals surface area contributed by atoms with Crippen molar-refractivity contribution in [3.8, 4) is 57.5 Å². The van der Waals surface area contributed by atoms with Crippen molar-refractivity contribution in [2.75, 3.05) is 0 Å². The van der Waals surface area contributed by atoms with Crippen molar-refractivity contribution in [1.82, 2.24) is 0 Å². The molecule has 4 aromatic rings. The smallest absolute Gasteiger partial charge is 0.305 e. The van der Waals surface area contributed by atoms with Crippen molar-refractivity contribution in [2.24, 2.45) is 0 Å². The Morgan fingerprint density at radius 2 is 1.31 bits per heavy atom. The lowest BCUT2D eigenvalue weighted by Crippen LogP contribution is -2.57. The number of fused-ring (bicyclic) bond motifs is 8. The first-order chi connectivity index (χ1) is 20.0. The molecule has 4 aromatic carbocycles. The summed E-state index contributed by atoms with van der Waals surface area (Å²) in [6, 6.07) is 11.1. The van der Waals surface area contributed by atoms with Crippen molar-refractivity contribution < 1.29 is 60.2 Å². The van der Waals surface area contributed by atoms with Crippen LogP contribution < -0.4 is 14.2 Å². The maximum absolute atomic E-state index is 11.9. The molecular formula is C30H24O12. The van der Waals surface area contributed by atoms with Gasteiger partial charge in [0.1, 0.15) is 46.7 Å². The fraction of sp³-hybridized carbons (Fsp3) is 0.200. The van der Waals surface area contributed by atoms with Crippen molar-refractivity contribution in [1.29, 1.82) is 0 Å². The van der Waals surface area contributed by atoms with E-state index in [2.05, 4.69) is 0 Å². The molecule has 12 heteroatoms. The number of phenolic OH excluding ortho intramolecular Hbond substituents is 7. The standard InChI is InChI=1S/C30H24O12/c31-13-7-20(37)24-22(8-13)41-30(12-2-4-16(33)19(36)6-12)29(39)26(24)25-23(42-30)10-17(34)14-9-21(38)27(40-28(14)25)11-1-3-15(32)18(35)5-11/h1-8,10,21,26-27,29,31-39H,9H2/t21-,26+,27+,29-,30-/m1/s1. The predicted octanol–water partition coefficient (Wildman–Crippen LogP) is 2.79. The highest BCUT2D eigenvalue weighted by Gasteiger charge is 2.60. The van der Waals surface area contributed by atoms with Crippen LogP contribution in [0.25, 0.3) is 0 Å². The van der Waals surface area contributed by atoms with E-state index in [0.29, 0.717) is 5.56 Å². The third-order valence-electron chi connectivity index (χ3n) is 8.03. The summed E-state index contributed by atoms with van der Waals surface area (Å²) in [4.78, 5) is 0. The van der Waals surface area contributed by atoms with E-state index in [-0.39, 0.29) is 63.2 Å². The zero-order valence-electron chi connectivity index (χ0n) is 21.5. The van der Waals surface area contributed by atoms with Crippen LogP contribution in [0.4, 0.5) is 0 Å². The molecule has 42 heavy (non-hydrogen) atoms. The van der Waals surface area contributed by atoms with E-state index >= 15 is 0 Å². The minimum absolute atomic E-state index is 0.0177. The normalized spacial score (nSPS) is 25.2. The highest BCUT2D eigenvalue weighted by molar-refractivity contribution is 5.68. The minimum Gasteiger partial charge on any atom is -0.508 e. The lowest BCUT2D eigenvalue weighted by atomic mass is 9.74. The van der Waals surface area contributed by atoms with Gasteiger partial charge in [0.2, 0.25) is 0 Å². The van der Waals surface area contributed by atoms with E-state index in [1.54, 1.807) is 0 Å². The van der Waals surface area contributed by atoms with Gasteiger partial charge in [-0.3, -0.25) is 0 Å². The van der Waals surface area contributed by atoms with Crippen LogP contribution in [0.15, 0.2) is 54.6 Å². The Morgan fingerprint density at radius 1 is 0.643 bits per heavy atom. The Morgan fingerprint density at radius 3 is 2.00 bits per heavy atom. The number of hydrogen-bond donors (Lipinski definition) is 9. The minimum atomic E-state index is -2.09. The van der Waals surface area contributed by atoms with Gasteiger partial charge >= 0.3 is 5.79 Å². The van der Waals surface area contributed by atoms with Gasteiger partial charge in [0.05, 0.1) is 12.0 Å². The Kier molecular flexibility index (Phi) is 5.30. The third-order valence-corrected chi connectivity index (χ3v) is 8.03. The van der Waals surface area contributed by atoms with E-state index < -0.39 is 53.0 Å². The zero-order valence-corrected chi connectivity index (χ0v) is 21.5. The van der Waals surface area contributed by atoms with E-state index in [0.717, 1.165) is 12.1 Å². The second kappa shape index (κ2) is 8.65. The quantitative estimate of drug-likeness (QED) is 0.158. The molecule has 12 nitrogen and oxygen atoms in total. The first kappa shape index (κ1) is 25.7. The molecule has 2 bridgehead atoms. The Balaban J connectivity index is 1.47. The highest BCUT2D eigenvalue weighted by Crippen LogP contribution is 2.62.